The Hall–Kier alpha value is -1.10. The van der Waals surface area contributed by atoms with Crippen LogP contribution in [-0.2, 0) is 23.8 Å². The average molecular weight is 579 g/mol. The number of carbonyl (C=O) groups excluding carboxylic acids is 2. The van der Waals surface area contributed by atoms with E-state index >= 15 is 0 Å². The molecule has 4 unspecified atom stereocenters. The maximum Gasteiger partial charge on any atom is 0.312 e. The zero-order valence-corrected chi connectivity index (χ0v) is 27.1. The molecule has 2 rings (SSSR count). The summed E-state index contributed by atoms with van der Waals surface area (Å²) < 4.78 is 17.0. The summed E-state index contributed by atoms with van der Waals surface area (Å²) >= 11 is 0. The highest BCUT2D eigenvalue weighted by Gasteiger charge is 2.57. The third-order valence-corrected chi connectivity index (χ3v) is 9.23. The van der Waals surface area contributed by atoms with Crippen molar-refractivity contribution in [3.05, 3.63) is 0 Å². The van der Waals surface area contributed by atoms with E-state index in [0.717, 1.165) is 32.1 Å². The van der Waals surface area contributed by atoms with Crippen molar-refractivity contribution < 1.29 is 23.8 Å². The van der Waals surface area contributed by atoms with E-state index in [9.17, 15) is 9.59 Å². The fourth-order valence-corrected chi connectivity index (χ4v) is 6.45. The predicted octanol–water partition coefficient (Wildman–Crippen LogP) is 10.3. The molecule has 41 heavy (non-hydrogen) atoms. The van der Waals surface area contributed by atoms with Gasteiger partial charge < -0.3 is 14.2 Å². The molecule has 1 aliphatic heterocycles. The highest BCUT2D eigenvalue weighted by Crippen LogP contribution is 2.45. The molecule has 4 atom stereocenters. The minimum atomic E-state index is -0.486. The van der Waals surface area contributed by atoms with Gasteiger partial charge in [0.2, 0.25) is 0 Å². The van der Waals surface area contributed by atoms with Crippen molar-refractivity contribution in [2.45, 2.75) is 193 Å². The van der Waals surface area contributed by atoms with Crippen molar-refractivity contribution in [2.24, 2.45) is 11.8 Å². The first kappa shape index (κ1) is 36.1. The summed E-state index contributed by atoms with van der Waals surface area (Å²) in [7, 11) is 0. The number of epoxide rings is 1. The van der Waals surface area contributed by atoms with E-state index in [2.05, 4.69) is 13.8 Å². The first-order chi connectivity index (χ1) is 20.2. The summed E-state index contributed by atoms with van der Waals surface area (Å²) in [5.74, 6) is -1.38. The van der Waals surface area contributed by atoms with Gasteiger partial charge in [-0.25, -0.2) is 0 Å². The van der Waals surface area contributed by atoms with Crippen LogP contribution in [0.3, 0.4) is 0 Å². The SMILES string of the molecule is CCCCCCCCCCCCCCOC(=O)C1CCC2OC2C1C(=O)OCCCCCCCCCCCCCC. The van der Waals surface area contributed by atoms with Crippen molar-refractivity contribution in [1.29, 1.82) is 0 Å². The summed E-state index contributed by atoms with van der Waals surface area (Å²) in [5, 5.41) is 0. The normalized spacial score (nSPS) is 21.4. The fraction of sp³-hybridized carbons (Fsp3) is 0.944. The molecular formula is C36H66O5. The molecule has 5 nitrogen and oxygen atoms in total. The van der Waals surface area contributed by atoms with Gasteiger partial charge in [-0.2, -0.15) is 0 Å². The monoisotopic (exact) mass is 578 g/mol. The van der Waals surface area contributed by atoms with Crippen molar-refractivity contribution in [1.82, 2.24) is 0 Å². The Bertz CT molecular complexity index is 650. The molecule has 0 radical (unpaired) electrons. The molecule has 0 N–H and O–H groups in total. The minimum Gasteiger partial charge on any atom is -0.465 e. The number of esters is 2. The molecule has 1 aliphatic carbocycles. The lowest BCUT2D eigenvalue weighted by Crippen LogP contribution is -2.39. The zero-order valence-electron chi connectivity index (χ0n) is 27.1. The van der Waals surface area contributed by atoms with Crippen LogP contribution in [0.1, 0.15) is 181 Å². The van der Waals surface area contributed by atoms with Gasteiger partial charge in [-0.15, -0.1) is 0 Å². The van der Waals surface area contributed by atoms with Crippen LogP contribution in [0.25, 0.3) is 0 Å². The number of hydrogen-bond donors (Lipinski definition) is 0. The standard InChI is InChI=1S/C36H66O5/c1-3-5-7-9-11-13-15-17-19-21-23-25-29-39-35(37)31-27-28-32-34(41-32)33(31)36(38)40-30-26-24-22-20-18-16-14-12-10-8-6-4-2/h31-34H,3-30H2,1-2H3. The van der Waals surface area contributed by atoms with Crippen LogP contribution in [0, 0.1) is 11.8 Å². The van der Waals surface area contributed by atoms with E-state index in [1.54, 1.807) is 0 Å². The first-order valence-corrected chi connectivity index (χ1v) is 18.2. The predicted molar refractivity (Wildman–Crippen MR) is 169 cm³/mol. The molecular weight excluding hydrogens is 512 g/mol. The van der Waals surface area contributed by atoms with Crippen molar-refractivity contribution >= 4 is 11.9 Å². The molecule has 0 spiro atoms. The van der Waals surface area contributed by atoms with Gasteiger partial charge in [0.15, 0.2) is 0 Å². The lowest BCUT2D eigenvalue weighted by atomic mass is 9.79. The van der Waals surface area contributed by atoms with Crippen molar-refractivity contribution in [3.63, 3.8) is 0 Å². The largest absolute Gasteiger partial charge is 0.465 e. The summed E-state index contributed by atoms with van der Waals surface area (Å²) in [6.45, 7) is 5.44. The number of fused-ring (bicyclic) bond motifs is 1. The third-order valence-electron chi connectivity index (χ3n) is 9.23. The molecule has 0 aromatic rings. The zero-order chi connectivity index (χ0) is 29.4. The van der Waals surface area contributed by atoms with E-state index in [-0.39, 0.29) is 24.1 Å². The van der Waals surface area contributed by atoms with E-state index in [0.29, 0.717) is 19.6 Å². The van der Waals surface area contributed by atoms with Crippen LogP contribution in [0.15, 0.2) is 0 Å². The van der Waals surface area contributed by atoms with E-state index in [4.69, 9.17) is 14.2 Å². The molecule has 2 fully saturated rings. The van der Waals surface area contributed by atoms with Gasteiger partial charge >= 0.3 is 11.9 Å². The van der Waals surface area contributed by atoms with Crippen molar-refractivity contribution in [3.8, 4) is 0 Å². The molecule has 0 amide bonds. The van der Waals surface area contributed by atoms with Gasteiger partial charge in [-0.05, 0) is 25.7 Å². The van der Waals surface area contributed by atoms with Crippen LogP contribution >= 0.6 is 0 Å². The Labute approximate surface area is 253 Å². The lowest BCUT2D eigenvalue weighted by Gasteiger charge is -2.25. The third kappa shape index (κ3) is 17.0. The Kier molecular flexibility index (Phi) is 21.4. The van der Waals surface area contributed by atoms with Crippen LogP contribution in [-0.4, -0.2) is 37.4 Å². The van der Waals surface area contributed by atoms with Crippen LogP contribution in [0.4, 0.5) is 0 Å². The van der Waals surface area contributed by atoms with Gasteiger partial charge in [-0.3, -0.25) is 9.59 Å². The molecule has 1 saturated carbocycles. The van der Waals surface area contributed by atoms with Gasteiger partial charge in [0.25, 0.3) is 0 Å². The Morgan fingerprint density at radius 2 is 0.878 bits per heavy atom. The number of rotatable bonds is 28. The molecule has 0 bridgehead atoms. The smallest absolute Gasteiger partial charge is 0.312 e. The second-order valence-electron chi connectivity index (χ2n) is 13.0. The highest BCUT2D eigenvalue weighted by molar-refractivity contribution is 5.83. The van der Waals surface area contributed by atoms with Gasteiger partial charge in [0, 0.05) is 0 Å². The minimum absolute atomic E-state index is 0.125. The maximum atomic E-state index is 12.9. The Morgan fingerprint density at radius 1 is 0.512 bits per heavy atom. The number of carbonyl (C=O) groups is 2. The lowest BCUT2D eigenvalue weighted by molar-refractivity contribution is -0.162. The molecule has 1 heterocycles. The van der Waals surface area contributed by atoms with Crippen LogP contribution < -0.4 is 0 Å². The van der Waals surface area contributed by atoms with Gasteiger partial charge in [-0.1, -0.05) is 155 Å². The number of hydrogen-bond acceptors (Lipinski definition) is 5. The molecule has 0 aromatic heterocycles. The Balaban J connectivity index is 1.47. The topological polar surface area (TPSA) is 65.1 Å². The van der Waals surface area contributed by atoms with Gasteiger partial charge in [0.1, 0.15) is 0 Å². The fourth-order valence-electron chi connectivity index (χ4n) is 6.45. The van der Waals surface area contributed by atoms with E-state index in [1.807, 2.05) is 0 Å². The summed E-state index contributed by atoms with van der Waals surface area (Å²) in [4.78, 5) is 25.8. The highest BCUT2D eigenvalue weighted by atomic mass is 16.6. The van der Waals surface area contributed by atoms with Gasteiger partial charge in [0.05, 0.1) is 37.3 Å². The number of unbranched alkanes of at least 4 members (excludes halogenated alkanes) is 22. The summed E-state index contributed by atoms with van der Waals surface area (Å²) in [5.41, 5.74) is 0. The molecule has 0 aromatic carbocycles. The summed E-state index contributed by atoms with van der Waals surface area (Å²) in [6, 6.07) is 0. The van der Waals surface area contributed by atoms with Crippen molar-refractivity contribution in [2.75, 3.05) is 13.2 Å². The van der Waals surface area contributed by atoms with E-state index in [1.165, 1.54) is 128 Å². The van der Waals surface area contributed by atoms with E-state index < -0.39 is 11.8 Å². The van der Waals surface area contributed by atoms with Crippen LogP contribution in [0.2, 0.25) is 0 Å². The quantitative estimate of drug-likeness (QED) is 0.0525. The molecule has 240 valence electrons. The molecule has 2 aliphatic rings. The Morgan fingerprint density at radius 3 is 1.29 bits per heavy atom. The second-order valence-corrected chi connectivity index (χ2v) is 13.0. The first-order valence-electron chi connectivity index (χ1n) is 18.2. The average Bonchev–Trinajstić information content (AvgIpc) is 3.77. The summed E-state index contributed by atoms with van der Waals surface area (Å²) in [6.07, 6.45) is 32.3. The number of ether oxygens (including phenoxy) is 3. The second kappa shape index (κ2) is 24.4. The molecule has 1 saturated heterocycles. The maximum absolute atomic E-state index is 12.9. The van der Waals surface area contributed by atoms with Crippen LogP contribution in [0.5, 0.6) is 0 Å². The molecule has 5 heteroatoms.